The summed E-state index contributed by atoms with van der Waals surface area (Å²) in [7, 11) is 3.43. The van der Waals surface area contributed by atoms with Gasteiger partial charge in [0.2, 0.25) is 5.91 Å². The number of hydrogen-bond acceptors (Lipinski definition) is 4. The van der Waals surface area contributed by atoms with Crippen LogP contribution in [0.15, 0.2) is 18.2 Å². The fourth-order valence-electron chi connectivity index (χ4n) is 1.73. The Morgan fingerprint density at radius 2 is 2.14 bits per heavy atom. The molecule has 2 N–H and O–H groups in total. The monoisotopic (exact) mass is 297 g/mol. The molecule has 118 valence electrons. The smallest absolute Gasteiger partial charge is 0.238 e. The fourth-order valence-corrected chi connectivity index (χ4v) is 1.73. The molecule has 0 atom stereocenters. The zero-order chi connectivity index (χ0) is 15.8. The second-order valence-electron chi connectivity index (χ2n) is 5.09. The Kier molecular flexibility index (Phi) is 7.11. The van der Waals surface area contributed by atoms with Gasteiger partial charge >= 0.3 is 0 Å². The van der Waals surface area contributed by atoms with E-state index < -0.39 is 0 Å². The predicted molar refractivity (Wildman–Crippen MR) is 83.3 cm³/mol. The minimum atomic E-state index is -0.351. The Balaban J connectivity index is 2.57. The van der Waals surface area contributed by atoms with E-state index in [1.165, 1.54) is 6.07 Å². The quantitative estimate of drug-likeness (QED) is 0.719. The van der Waals surface area contributed by atoms with Crippen molar-refractivity contribution in [3.8, 4) is 0 Å². The summed E-state index contributed by atoms with van der Waals surface area (Å²) in [4.78, 5) is 13.5. The number of carbonyl (C=O) groups excluding carboxylic acids is 1. The summed E-state index contributed by atoms with van der Waals surface area (Å²) < 4.78 is 18.9. The van der Waals surface area contributed by atoms with Crippen LogP contribution in [0.1, 0.15) is 13.8 Å². The topological polar surface area (TPSA) is 53.6 Å². The lowest BCUT2D eigenvalue weighted by molar-refractivity contribution is -0.115. The van der Waals surface area contributed by atoms with Gasteiger partial charge in [-0.3, -0.25) is 4.79 Å². The van der Waals surface area contributed by atoms with Gasteiger partial charge in [-0.25, -0.2) is 4.39 Å². The first-order chi connectivity index (χ1) is 9.95. The van der Waals surface area contributed by atoms with E-state index >= 15 is 0 Å². The average Bonchev–Trinajstić information content (AvgIpc) is 2.43. The molecule has 5 nitrogen and oxygen atoms in total. The zero-order valence-electron chi connectivity index (χ0n) is 13.1. The van der Waals surface area contributed by atoms with E-state index in [9.17, 15) is 9.18 Å². The maximum Gasteiger partial charge on any atom is 0.238 e. The lowest BCUT2D eigenvalue weighted by atomic mass is 10.2. The van der Waals surface area contributed by atoms with Crippen LogP contribution in [-0.2, 0) is 9.53 Å². The van der Waals surface area contributed by atoms with Crippen molar-refractivity contribution in [2.75, 3.05) is 44.1 Å². The minimum absolute atomic E-state index is 0.165. The molecular formula is C15H24FN3O2. The van der Waals surface area contributed by atoms with Crippen LogP contribution in [0.5, 0.6) is 0 Å². The molecule has 0 fully saturated rings. The highest BCUT2D eigenvalue weighted by Crippen LogP contribution is 2.23. The van der Waals surface area contributed by atoms with Gasteiger partial charge in [0, 0.05) is 32.4 Å². The first-order valence-electron chi connectivity index (χ1n) is 6.97. The minimum Gasteiger partial charge on any atom is -0.383 e. The summed E-state index contributed by atoms with van der Waals surface area (Å²) >= 11 is 0. The maximum absolute atomic E-state index is 14.0. The Morgan fingerprint density at radius 1 is 1.43 bits per heavy atom. The number of ether oxygens (including phenoxy) is 1. The van der Waals surface area contributed by atoms with Crippen molar-refractivity contribution in [1.29, 1.82) is 0 Å². The van der Waals surface area contributed by atoms with Gasteiger partial charge in [0.1, 0.15) is 5.82 Å². The van der Waals surface area contributed by atoms with Gasteiger partial charge in [-0.15, -0.1) is 0 Å². The Bertz CT molecular complexity index is 466. The highest BCUT2D eigenvalue weighted by molar-refractivity contribution is 5.92. The molecule has 1 amide bonds. The molecule has 0 heterocycles. The zero-order valence-corrected chi connectivity index (χ0v) is 13.1. The van der Waals surface area contributed by atoms with E-state index in [0.717, 1.165) is 0 Å². The summed E-state index contributed by atoms with van der Waals surface area (Å²) in [6.07, 6.45) is 0. The second-order valence-corrected chi connectivity index (χ2v) is 5.09. The van der Waals surface area contributed by atoms with Crippen LogP contribution in [0, 0.1) is 5.82 Å². The Labute approximate surface area is 125 Å². The third-order valence-electron chi connectivity index (χ3n) is 3.15. The van der Waals surface area contributed by atoms with Crippen molar-refractivity contribution < 1.29 is 13.9 Å². The highest BCUT2D eigenvalue weighted by Gasteiger charge is 2.11. The molecule has 0 bridgehead atoms. The number of carbonyl (C=O) groups is 1. The maximum atomic E-state index is 14.0. The molecule has 21 heavy (non-hydrogen) atoms. The highest BCUT2D eigenvalue weighted by atomic mass is 19.1. The normalized spacial score (nSPS) is 10.8. The van der Waals surface area contributed by atoms with Crippen molar-refractivity contribution in [3.05, 3.63) is 24.0 Å². The first kappa shape index (κ1) is 17.4. The van der Waals surface area contributed by atoms with Crippen molar-refractivity contribution in [3.63, 3.8) is 0 Å². The van der Waals surface area contributed by atoms with Gasteiger partial charge in [0.25, 0.3) is 0 Å². The summed E-state index contributed by atoms with van der Waals surface area (Å²) in [5, 5.41) is 5.58. The third kappa shape index (κ3) is 5.69. The molecular weight excluding hydrogens is 273 g/mol. The number of nitrogens with zero attached hydrogens (tertiary/aromatic N) is 1. The van der Waals surface area contributed by atoms with E-state index in [2.05, 4.69) is 10.6 Å². The van der Waals surface area contributed by atoms with Crippen molar-refractivity contribution >= 4 is 17.3 Å². The van der Waals surface area contributed by atoms with Gasteiger partial charge in [-0.1, -0.05) is 0 Å². The van der Waals surface area contributed by atoms with E-state index in [1.54, 1.807) is 19.2 Å². The largest absolute Gasteiger partial charge is 0.383 e. The van der Waals surface area contributed by atoms with Crippen LogP contribution in [0.4, 0.5) is 15.8 Å². The molecule has 0 radical (unpaired) electrons. The Hall–Kier alpha value is -1.66. The summed E-state index contributed by atoms with van der Waals surface area (Å²) in [6.45, 7) is 5.27. The summed E-state index contributed by atoms with van der Waals surface area (Å²) in [6, 6.07) is 4.90. The summed E-state index contributed by atoms with van der Waals surface area (Å²) in [5.74, 6) is -0.563. The van der Waals surface area contributed by atoms with Crippen LogP contribution in [0.2, 0.25) is 0 Å². The number of rotatable bonds is 8. The van der Waals surface area contributed by atoms with Crippen molar-refractivity contribution in [2.45, 2.75) is 19.9 Å². The van der Waals surface area contributed by atoms with Gasteiger partial charge in [0.05, 0.1) is 18.8 Å². The number of methoxy groups -OCH3 is 1. The fraction of sp³-hybridized carbons (Fsp3) is 0.533. The molecule has 0 aliphatic carbocycles. The molecule has 0 saturated carbocycles. The van der Waals surface area contributed by atoms with Crippen LogP contribution in [0.3, 0.4) is 0 Å². The molecule has 6 heteroatoms. The van der Waals surface area contributed by atoms with Crippen LogP contribution in [0.25, 0.3) is 0 Å². The number of benzene rings is 1. The number of halogens is 1. The summed E-state index contributed by atoms with van der Waals surface area (Å²) in [5.41, 5.74) is 0.966. The second kappa shape index (κ2) is 8.59. The predicted octanol–water partition coefficient (Wildman–Crippen LogP) is 1.84. The van der Waals surface area contributed by atoms with E-state index in [-0.39, 0.29) is 24.3 Å². The van der Waals surface area contributed by atoms with Gasteiger partial charge in [-0.2, -0.15) is 0 Å². The van der Waals surface area contributed by atoms with Gasteiger partial charge < -0.3 is 20.3 Å². The van der Waals surface area contributed by atoms with Crippen LogP contribution in [-0.4, -0.2) is 45.8 Å². The molecule has 0 spiro atoms. The number of nitrogens with one attached hydrogen (secondary N) is 2. The third-order valence-corrected chi connectivity index (χ3v) is 3.15. The molecule has 1 aromatic rings. The number of amides is 1. The molecule has 1 aromatic carbocycles. The molecule has 0 aliphatic heterocycles. The molecule has 0 aromatic heterocycles. The van der Waals surface area contributed by atoms with Crippen LogP contribution < -0.4 is 15.5 Å². The molecule has 0 aliphatic rings. The van der Waals surface area contributed by atoms with E-state index in [1.807, 2.05) is 25.8 Å². The first-order valence-corrected chi connectivity index (χ1v) is 6.97. The van der Waals surface area contributed by atoms with E-state index in [0.29, 0.717) is 24.5 Å². The molecule has 1 rings (SSSR count). The molecule has 0 unspecified atom stereocenters. The van der Waals surface area contributed by atoms with Crippen LogP contribution >= 0.6 is 0 Å². The van der Waals surface area contributed by atoms with Crippen molar-refractivity contribution in [1.82, 2.24) is 5.32 Å². The lowest BCUT2D eigenvalue weighted by Gasteiger charge is -2.24. The SMILES string of the molecule is COCCNCC(=O)Nc1ccc(N(C)C(C)C)c(F)c1. The standard InChI is InChI=1S/C15H24FN3O2/c1-11(2)19(3)14-6-5-12(9-13(14)16)18-15(20)10-17-7-8-21-4/h5-6,9,11,17H,7-8,10H2,1-4H3,(H,18,20). The number of hydrogen-bond donors (Lipinski definition) is 2. The van der Waals surface area contributed by atoms with Gasteiger partial charge in [-0.05, 0) is 32.0 Å². The van der Waals surface area contributed by atoms with Crippen molar-refractivity contribution in [2.24, 2.45) is 0 Å². The Morgan fingerprint density at radius 3 is 2.71 bits per heavy atom. The number of anilines is 2. The van der Waals surface area contributed by atoms with E-state index in [4.69, 9.17) is 4.74 Å². The van der Waals surface area contributed by atoms with Gasteiger partial charge in [0.15, 0.2) is 0 Å². The average molecular weight is 297 g/mol. The molecule has 0 saturated heterocycles. The lowest BCUT2D eigenvalue weighted by Crippen LogP contribution is -2.30.